The largest absolute Gasteiger partial charge is 0.504 e. The van der Waals surface area contributed by atoms with Crippen molar-refractivity contribution in [1.29, 1.82) is 0 Å². The van der Waals surface area contributed by atoms with Gasteiger partial charge >= 0.3 is 0 Å². The molecule has 3 aromatic rings. The van der Waals surface area contributed by atoms with Crippen LogP contribution in [0.1, 0.15) is 22.7 Å². The molecule has 5 nitrogen and oxygen atoms in total. The molecular formula is C23H25NO4. The summed E-state index contributed by atoms with van der Waals surface area (Å²) in [5.41, 5.74) is 3.26. The number of ether oxygens (including phenoxy) is 3. The van der Waals surface area contributed by atoms with Crippen LogP contribution in [0.25, 0.3) is 0 Å². The first-order chi connectivity index (χ1) is 13.6. The molecule has 0 spiro atoms. The van der Waals surface area contributed by atoms with Crippen LogP contribution in [-0.2, 0) is 6.54 Å². The minimum absolute atomic E-state index is 0.0170. The molecule has 5 heteroatoms. The van der Waals surface area contributed by atoms with Gasteiger partial charge in [0, 0.05) is 6.54 Å². The van der Waals surface area contributed by atoms with Crippen molar-refractivity contribution in [2.75, 3.05) is 21.3 Å². The predicted octanol–water partition coefficient (Wildman–Crippen LogP) is 4.30. The number of hydrogen-bond donors (Lipinski definition) is 2. The highest BCUT2D eigenvalue weighted by Gasteiger charge is 2.15. The normalized spacial score (nSPS) is 10.7. The van der Waals surface area contributed by atoms with E-state index >= 15 is 0 Å². The lowest BCUT2D eigenvalue weighted by Gasteiger charge is -2.21. The number of rotatable bonds is 8. The maximum atomic E-state index is 9.80. The van der Waals surface area contributed by atoms with E-state index in [9.17, 15) is 5.11 Å². The number of phenols is 1. The molecule has 3 aromatic carbocycles. The van der Waals surface area contributed by atoms with Crippen molar-refractivity contribution < 1.29 is 19.3 Å². The number of hydrogen-bond acceptors (Lipinski definition) is 5. The SMILES string of the molecule is COc1ccc(C(NCc2ccc(O)c(OC)c2)c2ccc(OC)cc2)cc1. The molecule has 28 heavy (non-hydrogen) atoms. The van der Waals surface area contributed by atoms with E-state index in [4.69, 9.17) is 14.2 Å². The third kappa shape index (κ3) is 4.56. The number of benzene rings is 3. The van der Waals surface area contributed by atoms with Gasteiger partial charge in [-0.1, -0.05) is 30.3 Å². The highest BCUT2D eigenvalue weighted by molar-refractivity contribution is 5.42. The minimum atomic E-state index is -0.0170. The monoisotopic (exact) mass is 379 g/mol. The molecule has 0 atom stereocenters. The molecule has 3 rings (SSSR count). The highest BCUT2D eigenvalue weighted by atomic mass is 16.5. The van der Waals surface area contributed by atoms with Gasteiger partial charge in [-0.2, -0.15) is 0 Å². The summed E-state index contributed by atoms with van der Waals surface area (Å²) in [5, 5.41) is 13.4. The zero-order valence-corrected chi connectivity index (χ0v) is 16.3. The fourth-order valence-corrected chi connectivity index (χ4v) is 3.07. The number of aromatic hydroxyl groups is 1. The molecule has 0 aliphatic carbocycles. The van der Waals surface area contributed by atoms with Gasteiger partial charge in [-0.3, -0.25) is 0 Å². The van der Waals surface area contributed by atoms with Gasteiger partial charge in [-0.15, -0.1) is 0 Å². The van der Waals surface area contributed by atoms with Gasteiger partial charge in [0.25, 0.3) is 0 Å². The quantitative estimate of drug-likeness (QED) is 0.611. The van der Waals surface area contributed by atoms with Crippen molar-refractivity contribution in [2.45, 2.75) is 12.6 Å². The molecule has 0 fully saturated rings. The van der Waals surface area contributed by atoms with Gasteiger partial charge in [-0.05, 0) is 53.1 Å². The predicted molar refractivity (Wildman–Crippen MR) is 109 cm³/mol. The van der Waals surface area contributed by atoms with Crippen LogP contribution in [0.2, 0.25) is 0 Å². The van der Waals surface area contributed by atoms with Crippen LogP contribution in [-0.4, -0.2) is 26.4 Å². The molecule has 2 N–H and O–H groups in total. The average Bonchev–Trinajstić information content (AvgIpc) is 2.75. The Hall–Kier alpha value is -3.18. The van der Waals surface area contributed by atoms with Crippen LogP contribution < -0.4 is 19.5 Å². The lowest BCUT2D eigenvalue weighted by molar-refractivity contribution is 0.372. The first-order valence-electron chi connectivity index (χ1n) is 9.01. The maximum Gasteiger partial charge on any atom is 0.160 e. The summed E-state index contributed by atoms with van der Waals surface area (Å²) in [6, 6.07) is 21.4. The molecule has 0 aliphatic heterocycles. The van der Waals surface area contributed by atoms with E-state index in [2.05, 4.69) is 29.6 Å². The fraction of sp³-hybridized carbons (Fsp3) is 0.217. The van der Waals surface area contributed by atoms with Gasteiger partial charge in [0.15, 0.2) is 11.5 Å². The molecule has 146 valence electrons. The second-order valence-corrected chi connectivity index (χ2v) is 6.37. The Balaban J connectivity index is 1.86. The Morgan fingerprint density at radius 2 is 1.29 bits per heavy atom. The Morgan fingerprint density at radius 1 is 0.750 bits per heavy atom. The van der Waals surface area contributed by atoms with Crippen molar-refractivity contribution in [3.8, 4) is 23.0 Å². The van der Waals surface area contributed by atoms with Crippen LogP contribution in [0.3, 0.4) is 0 Å². The first-order valence-corrected chi connectivity index (χ1v) is 9.01. The zero-order valence-electron chi connectivity index (χ0n) is 16.3. The molecule has 0 aromatic heterocycles. The lowest BCUT2D eigenvalue weighted by Crippen LogP contribution is -2.22. The Labute approximate surface area is 165 Å². The minimum Gasteiger partial charge on any atom is -0.504 e. The Kier molecular flexibility index (Phi) is 6.40. The Bertz CT molecular complexity index is 844. The second kappa shape index (κ2) is 9.15. The van der Waals surface area contributed by atoms with Crippen LogP contribution in [0.4, 0.5) is 0 Å². The van der Waals surface area contributed by atoms with Gasteiger partial charge < -0.3 is 24.6 Å². The van der Waals surface area contributed by atoms with Gasteiger partial charge in [0.05, 0.1) is 27.4 Å². The molecule has 0 heterocycles. The summed E-state index contributed by atoms with van der Waals surface area (Å²) in [7, 11) is 4.86. The summed E-state index contributed by atoms with van der Waals surface area (Å²) in [6.45, 7) is 0.610. The number of phenolic OH excluding ortho intramolecular Hbond substituents is 1. The van der Waals surface area contributed by atoms with Gasteiger partial charge in [0.2, 0.25) is 0 Å². The second-order valence-electron chi connectivity index (χ2n) is 6.37. The van der Waals surface area contributed by atoms with Crippen molar-refractivity contribution >= 4 is 0 Å². The molecule has 0 radical (unpaired) electrons. The number of nitrogens with one attached hydrogen (secondary N) is 1. The molecule has 0 aliphatic rings. The van der Waals surface area contributed by atoms with E-state index in [-0.39, 0.29) is 11.8 Å². The third-order valence-corrected chi connectivity index (χ3v) is 4.65. The molecule has 0 bridgehead atoms. The van der Waals surface area contributed by atoms with Crippen molar-refractivity contribution in [3.05, 3.63) is 83.4 Å². The van der Waals surface area contributed by atoms with E-state index in [1.807, 2.05) is 36.4 Å². The van der Waals surface area contributed by atoms with Gasteiger partial charge in [-0.25, -0.2) is 0 Å². The summed E-state index contributed by atoms with van der Waals surface area (Å²) >= 11 is 0. The van der Waals surface area contributed by atoms with E-state index in [1.165, 1.54) is 0 Å². The van der Waals surface area contributed by atoms with Crippen LogP contribution >= 0.6 is 0 Å². The van der Waals surface area contributed by atoms with E-state index in [0.717, 1.165) is 28.2 Å². The standard InChI is InChI=1S/C23H25NO4/c1-26-19-9-5-17(6-10-19)23(18-7-11-20(27-2)12-8-18)24-15-16-4-13-21(25)22(14-16)28-3/h4-14,23-25H,15H2,1-3H3. The fourth-order valence-electron chi connectivity index (χ4n) is 3.07. The average molecular weight is 379 g/mol. The van der Waals surface area contributed by atoms with Crippen LogP contribution in [0, 0.1) is 0 Å². The lowest BCUT2D eigenvalue weighted by atomic mass is 9.98. The maximum absolute atomic E-state index is 9.80. The first kappa shape index (κ1) is 19.6. The van der Waals surface area contributed by atoms with Crippen molar-refractivity contribution in [2.24, 2.45) is 0 Å². The summed E-state index contributed by atoms with van der Waals surface area (Å²) in [6.07, 6.45) is 0. The molecular weight excluding hydrogens is 354 g/mol. The zero-order chi connectivity index (χ0) is 19.9. The molecule has 0 amide bonds. The summed E-state index contributed by atoms with van der Waals surface area (Å²) in [4.78, 5) is 0. The summed E-state index contributed by atoms with van der Waals surface area (Å²) < 4.78 is 15.8. The van der Waals surface area contributed by atoms with Gasteiger partial charge in [0.1, 0.15) is 11.5 Å². The molecule has 0 unspecified atom stereocenters. The molecule has 0 saturated heterocycles. The molecule has 0 saturated carbocycles. The van der Waals surface area contributed by atoms with Crippen LogP contribution in [0.15, 0.2) is 66.7 Å². The third-order valence-electron chi connectivity index (χ3n) is 4.65. The number of methoxy groups -OCH3 is 3. The highest BCUT2D eigenvalue weighted by Crippen LogP contribution is 2.29. The Morgan fingerprint density at radius 3 is 1.75 bits per heavy atom. The van der Waals surface area contributed by atoms with Crippen molar-refractivity contribution in [1.82, 2.24) is 5.32 Å². The topological polar surface area (TPSA) is 60.0 Å². The smallest absolute Gasteiger partial charge is 0.160 e. The van der Waals surface area contributed by atoms with E-state index in [0.29, 0.717) is 12.3 Å². The van der Waals surface area contributed by atoms with Crippen LogP contribution in [0.5, 0.6) is 23.0 Å². The van der Waals surface area contributed by atoms with E-state index in [1.54, 1.807) is 27.4 Å². The van der Waals surface area contributed by atoms with E-state index < -0.39 is 0 Å². The summed E-state index contributed by atoms with van der Waals surface area (Å²) in [5.74, 6) is 2.24. The van der Waals surface area contributed by atoms with Crippen molar-refractivity contribution in [3.63, 3.8) is 0 Å².